The van der Waals surface area contributed by atoms with E-state index < -0.39 is 0 Å². The second kappa shape index (κ2) is 8.94. The van der Waals surface area contributed by atoms with Crippen LogP contribution in [0.2, 0.25) is 0 Å². The van der Waals surface area contributed by atoms with E-state index in [1.165, 1.54) is 22.5 Å². The van der Waals surface area contributed by atoms with E-state index in [1.54, 1.807) is 0 Å². The van der Waals surface area contributed by atoms with Crippen molar-refractivity contribution >= 4 is 33.4 Å². The Morgan fingerprint density at radius 2 is 1.81 bits per heavy atom. The summed E-state index contributed by atoms with van der Waals surface area (Å²) in [7, 11) is 1.98. The van der Waals surface area contributed by atoms with E-state index in [0.717, 1.165) is 37.2 Å². The van der Waals surface area contributed by atoms with Gasteiger partial charge in [-0.3, -0.25) is 0 Å². The Morgan fingerprint density at radius 1 is 1.11 bits per heavy atom. The molecule has 0 aliphatic carbocycles. The fourth-order valence-corrected chi connectivity index (χ4v) is 3.87. The zero-order valence-electron chi connectivity index (χ0n) is 16.5. The lowest BCUT2D eigenvalue weighted by Crippen LogP contribution is -2.36. The van der Waals surface area contributed by atoms with Crippen molar-refractivity contribution in [1.82, 2.24) is 0 Å². The van der Waals surface area contributed by atoms with Gasteiger partial charge in [-0.1, -0.05) is 54.1 Å². The highest BCUT2D eigenvalue weighted by atomic mass is 79.9. The van der Waals surface area contributed by atoms with E-state index in [9.17, 15) is 0 Å². The first-order valence-corrected chi connectivity index (χ1v) is 10.4. The van der Waals surface area contributed by atoms with Crippen molar-refractivity contribution in [2.24, 2.45) is 0 Å². The Morgan fingerprint density at radius 3 is 2.48 bits per heavy atom. The van der Waals surface area contributed by atoms with Crippen LogP contribution in [0.4, 0.5) is 11.4 Å². The van der Waals surface area contributed by atoms with Gasteiger partial charge in [-0.2, -0.15) is 0 Å². The lowest BCUT2D eigenvalue weighted by atomic mass is 9.80. The SMILES string of the molecule is CNc1ccc(Br)cc1C(C)(C)C/C=C/c1ccc(N2CCOCC2)cc1. The molecule has 2 aromatic rings. The van der Waals surface area contributed by atoms with E-state index in [0.29, 0.717) is 0 Å². The minimum Gasteiger partial charge on any atom is -0.388 e. The molecular formula is C23H29BrN2O. The van der Waals surface area contributed by atoms with Crippen LogP contribution in [0.15, 0.2) is 53.0 Å². The van der Waals surface area contributed by atoms with E-state index in [2.05, 4.69) is 94.6 Å². The molecule has 0 radical (unpaired) electrons. The number of morpholine rings is 1. The highest BCUT2D eigenvalue weighted by molar-refractivity contribution is 9.10. The smallest absolute Gasteiger partial charge is 0.0642 e. The maximum Gasteiger partial charge on any atom is 0.0642 e. The number of rotatable bonds is 6. The highest BCUT2D eigenvalue weighted by Crippen LogP contribution is 2.35. The third-order valence-electron chi connectivity index (χ3n) is 5.19. The maximum absolute atomic E-state index is 5.43. The van der Waals surface area contributed by atoms with E-state index in [-0.39, 0.29) is 5.41 Å². The maximum atomic E-state index is 5.43. The van der Waals surface area contributed by atoms with Crippen LogP contribution < -0.4 is 10.2 Å². The number of halogens is 1. The first-order chi connectivity index (χ1) is 13.0. The number of benzene rings is 2. The third kappa shape index (κ3) is 5.14. The number of anilines is 2. The topological polar surface area (TPSA) is 24.5 Å². The van der Waals surface area contributed by atoms with Crippen molar-refractivity contribution < 1.29 is 4.74 Å². The van der Waals surface area contributed by atoms with Gasteiger partial charge in [0.15, 0.2) is 0 Å². The van der Waals surface area contributed by atoms with E-state index >= 15 is 0 Å². The molecule has 0 saturated carbocycles. The van der Waals surface area contributed by atoms with Crippen LogP contribution in [0, 0.1) is 0 Å². The summed E-state index contributed by atoms with van der Waals surface area (Å²) in [6, 6.07) is 15.3. The summed E-state index contributed by atoms with van der Waals surface area (Å²) in [5.74, 6) is 0. The molecular weight excluding hydrogens is 400 g/mol. The van der Waals surface area contributed by atoms with Crippen LogP contribution in [0.1, 0.15) is 31.4 Å². The van der Waals surface area contributed by atoms with Crippen molar-refractivity contribution in [2.75, 3.05) is 43.6 Å². The summed E-state index contributed by atoms with van der Waals surface area (Å²) in [5.41, 5.74) is 5.08. The molecule has 144 valence electrons. The molecule has 1 N–H and O–H groups in total. The average Bonchev–Trinajstić information content (AvgIpc) is 2.69. The van der Waals surface area contributed by atoms with E-state index in [4.69, 9.17) is 4.74 Å². The van der Waals surface area contributed by atoms with Crippen molar-refractivity contribution in [1.29, 1.82) is 0 Å². The van der Waals surface area contributed by atoms with Gasteiger partial charge in [-0.15, -0.1) is 0 Å². The van der Waals surface area contributed by atoms with Crippen molar-refractivity contribution in [2.45, 2.75) is 25.7 Å². The van der Waals surface area contributed by atoms with Gasteiger partial charge in [0.1, 0.15) is 0 Å². The number of nitrogens with one attached hydrogen (secondary N) is 1. The van der Waals surface area contributed by atoms with Crippen LogP contribution in [0.3, 0.4) is 0 Å². The molecule has 0 aromatic heterocycles. The van der Waals surface area contributed by atoms with Gasteiger partial charge in [0.25, 0.3) is 0 Å². The van der Waals surface area contributed by atoms with Crippen molar-refractivity contribution in [3.63, 3.8) is 0 Å². The zero-order valence-corrected chi connectivity index (χ0v) is 18.1. The van der Waals surface area contributed by atoms with Gasteiger partial charge >= 0.3 is 0 Å². The van der Waals surface area contributed by atoms with Crippen LogP contribution in [-0.4, -0.2) is 33.4 Å². The summed E-state index contributed by atoms with van der Waals surface area (Å²) in [6.07, 6.45) is 5.48. The molecule has 1 heterocycles. The molecule has 27 heavy (non-hydrogen) atoms. The Kier molecular flexibility index (Phi) is 6.61. The molecule has 0 amide bonds. The lowest BCUT2D eigenvalue weighted by Gasteiger charge is -2.28. The molecule has 4 heteroatoms. The van der Waals surface area contributed by atoms with Crippen LogP contribution in [-0.2, 0) is 10.2 Å². The van der Waals surface area contributed by atoms with Crippen LogP contribution >= 0.6 is 15.9 Å². The number of ether oxygens (including phenoxy) is 1. The molecule has 3 nitrogen and oxygen atoms in total. The first-order valence-electron chi connectivity index (χ1n) is 9.57. The van der Waals surface area contributed by atoms with Crippen molar-refractivity contribution in [3.05, 3.63) is 64.1 Å². The highest BCUT2D eigenvalue weighted by Gasteiger charge is 2.22. The second-order valence-electron chi connectivity index (χ2n) is 7.62. The molecule has 1 fully saturated rings. The number of nitrogens with zero attached hydrogens (tertiary/aromatic N) is 1. The molecule has 2 aromatic carbocycles. The molecule has 1 aliphatic heterocycles. The molecule has 0 atom stereocenters. The van der Waals surface area contributed by atoms with Crippen LogP contribution in [0.5, 0.6) is 0 Å². The normalized spacial score (nSPS) is 15.3. The largest absolute Gasteiger partial charge is 0.388 e. The summed E-state index contributed by atoms with van der Waals surface area (Å²) in [6.45, 7) is 8.18. The molecule has 0 bridgehead atoms. The molecule has 0 unspecified atom stereocenters. The number of allylic oxidation sites excluding steroid dienone is 1. The van der Waals surface area contributed by atoms with Crippen molar-refractivity contribution in [3.8, 4) is 0 Å². The molecule has 0 spiro atoms. The first kappa shape index (κ1) is 20.0. The van der Waals surface area contributed by atoms with Gasteiger partial charge in [0, 0.05) is 36.0 Å². The van der Waals surface area contributed by atoms with Gasteiger partial charge in [-0.25, -0.2) is 0 Å². The minimum atomic E-state index is 0.0480. The second-order valence-corrected chi connectivity index (χ2v) is 8.54. The number of hydrogen-bond acceptors (Lipinski definition) is 3. The summed E-state index contributed by atoms with van der Waals surface area (Å²) >= 11 is 3.60. The predicted octanol–water partition coefficient (Wildman–Crippen LogP) is 5.71. The minimum absolute atomic E-state index is 0.0480. The Labute approximate surface area is 171 Å². The fourth-order valence-electron chi connectivity index (χ4n) is 3.51. The van der Waals surface area contributed by atoms with E-state index in [1.807, 2.05) is 7.05 Å². The molecule has 1 aliphatic rings. The summed E-state index contributed by atoms with van der Waals surface area (Å²) in [4.78, 5) is 2.38. The Bertz CT molecular complexity index is 777. The number of hydrogen-bond donors (Lipinski definition) is 1. The van der Waals surface area contributed by atoms with Gasteiger partial charge < -0.3 is 15.0 Å². The zero-order chi connectivity index (χ0) is 19.3. The Balaban J connectivity index is 1.66. The van der Waals surface area contributed by atoms with Gasteiger partial charge in [0.05, 0.1) is 13.2 Å². The molecule has 3 rings (SSSR count). The Hall–Kier alpha value is -1.78. The van der Waals surface area contributed by atoms with Gasteiger partial charge in [-0.05, 0) is 53.3 Å². The van der Waals surface area contributed by atoms with Gasteiger partial charge in [0.2, 0.25) is 0 Å². The average molecular weight is 429 g/mol. The lowest BCUT2D eigenvalue weighted by molar-refractivity contribution is 0.122. The monoisotopic (exact) mass is 428 g/mol. The predicted molar refractivity (Wildman–Crippen MR) is 120 cm³/mol. The summed E-state index contributed by atoms with van der Waals surface area (Å²) in [5, 5.41) is 3.32. The van der Waals surface area contributed by atoms with Crippen LogP contribution in [0.25, 0.3) is 6.08 Å². The molecule has 1 saturated heterocycles. The quantitative estimate of drug-likeness (QED) is 0.637. The fraction of sp³-hybridized carbons (Fsp3) is 0.391. The standard InChI is InChI=1S/C23H29BrN2O/c1-23(2,21-17-19(24)8-11-22(21)25-3)12-4-5-18-6-9-20(10-7-18)26-13-15-27-16-14-26/h4-11,17,25H,12-16H2,1-3H3/b5-4+. The third-order valence-corrected chi connectivity index (χ3v) is 5.68. The summed E-state index contributed by atoms with van der Waals surface area (Å²) < 4.78 is 6.55.